The fourth-order valence-electron chi connectivity index (χ4n) is 5.63. The molecule has 3 aliphatic rings. The minimum atomic E-state index is -0.406. The van der Waals surface area contributed by atoms with E-state index in [1.54, 1.807) is 7.11 Å². The zero-order valence-electron chi connectivity index (χ0n) is 16.4. The molecule has 2 bridgehead atoms. The van der Waals surface area contributed by atoms with E-state index in [4.69, 9.17) is 4.84 Å². The summed E-state index contributed by atoms with van der Waals surface area (Å²) in [5, 5.41) is 2.17. The van der Waals surface area contributed by atoms with Crippen LogP contribution in [0.1, 0.15) is 57.3 Å². The molecule has 27 heavy (non-hydrogen) atoms. The highest BCUT2D eigenvalue weighted by Crippen LogP contribution is 2.61. The standard InChI is InChI=1S/C25H25NO/c1-5-26(27-4)25-20-12-8-6-10-18(20)23(19-11-7-9-13-21(19)25)22-16(2)14-15-17(3)24(22)25/h6-15,23H,5H2,1-4H3. The van der Waals surface area contributed by atoms with Crippen LogP contribution in [0.3, 0.4) is 0 Å². The molecule has 0 unspecified atom stereocenters. The third-order valence-corrected chi connectivity index (χ3v) is 6.53. The Balaban J connectivity index is 2.04. The fraction of sp³-hybridized carbons (Fsp3) is 0.280. The maximum atomic E-state index is 6.06. The molecule has 3 aromatic carbocycles. The first-order chi connectivity index (χ1) is 13.2. The maximum Gasteiger partial charge on any atom is 0.122 e. The van der Waals surface area contributed by atoms with Gasteiger partial charge in [0.1, 0.15) is 5.54 Å². The summed E-state index contributed by atoms with van der Waals surface area (Å²) >= 11 is 0. The first kappa shape index (κ1) is 16.7. The van der Waals surface area contributed by atoms with Gasteiger partial charge < -0.3 is 4.84 Å². The van der Waals surface area contributed by atoms with Gasteiger partial charge in [-0.25, -0.2) is 0 Å². The molecule has 0 amide bonds. The predicted octanol–water partition coefficient (Wildman–Crippen LogP) is 5.29. The van der Waals surface area contributed by atoms with Crippen LogP contribution in [0.4, 0.5) is 0 Å². The van der Waals surface area contributed by atoms with Gasteiger partial charge in [-0.2, -0.15) is 5.06 Å². The summed E-state index contributed by atoms with van der Waals surface area (Å²) in [6, 6.07) is 22.4. The number of nitrogens with zero attached hydrogens (tertiary/aromatic N) is 1. The van der Waals surface area contributed by atoms with Crippen LogP contribution in [-0.4, -0.2) is 18.7 Å². The predicted molar refractivity (Wildman–Crippen MR) is 109 cm³/mol. The molecule has 0 radical (unpaired) electrons. The molecule has 2 heteroatoms. The topological polar surface area (TPSA) is 12.5 Å². The average molecular weight is 355 g/mol. The van der Waals surface area contributed by atoms with E-state index in [2.05, 4.69) is 86.5 Å². The smallest absolute Gasteiger partial charge is 0.122 e. The van der Waals surface area contributed by atoms with Gasteiger partial charge in [-0.05, 0) is 58.4 Å². The lowest BCUT2D eigenvalue weighted by molar-refractivity contribution is -0.180. The van der Waals surface area contributed by atoms with E-state index in [1.807, 2.05) is 0 Å². The van der Waals surface area contributed by atoms with Gasteiger partial charge in [-0.15, -0.1) is 0 Å². The number of benzene rings is 3. The summed E-state index contributed by atoms with van der Waals surface area (Å²) in [5.74, 6) is 0.296. The van der Waals surface area contributed by atoms with Gasteiger partial charge in [-0.3, -0.25) is 0 Å². The zero-order valence-corrected chi connectivity index (χ0v) is 16.4. The van der Waals surface area contributed by atoms with E-state index in [1.165, 1.54) is 44.5 Å². The number of hydrogen-bond donors (Lipinski definition) is 0. The molecule has 0 spiro atoms. The second-order valence-electron chi connectivity index (χ2n) is 7.68. The lowest BCUT2D eigenvalue weighted by Crippen LogP contribution is -2.54. The van der Waals surface area contributed by atoms with Crippen molar-refractivity contribution in [3.63, 3.8) is 0 Å². The summed E-state index contributed by atoms with van der Waals surface area (Å²) in [7, 11) is 1.80. The van der Waals surface area contributed by atoms with Gasteiger partial charge in [-0.1, -0.05) is 67.6 Å². The van der Waals surface area contributed by atoms with E-state index >= 15 is 0 Å². The van der Waals surface area contributed by atoms with Crippen molar-refractivity contribution in [3.05, 3.63) is 105 Å². The lowest BCUT2D eigenvalue weighted by atomic mass is 9.55. The Bertz CT molecular complexity index is 1000. The number of rotatable bonds is 3. The molecule has 0 aliphatic heterocycles. The molecule has 0 heterocycles. The molecular weight excluding hydrogens is 330 g/mol. The first-order valence-corrected chi connectivity index (χ1v) is 9.77. The summed E-state index contributed by atoms with van der Waals surface area (Å²) < 4.78 is 0. The second kappa shape index (κ2) is 5.79. The Kier molecular flexibility index (Phi) is 3.59. The minimum absolute atomic E-state index is 0.296. The largest absolute Gasteiger partial charge is 0.301 e. The SMILES string of the molecule is CCN(OC)C12c3ccccc3C(c3ccccc31)c1c(C)ccc(C)c12. The lowest BCUT2D eigenvalue weighted by Gasteiger charge is -2.55. The Morgan fingerprint density at radius 1 is 0.852 bits per heavy atom. The highest BCUT2D eigenvalue weighted by atomic mass is 16.7. The highest BCUT2D eigenvalue weighted by Gasteiger charge is 2.56. The highest BCUT2D eigenvalue weighted by molar-refractivity contribution is 5.73. The second-order valence-corrected chi connectivity index (χ2v) is 7.68. The molecule has 0 saturated carbocycles. The quantitative estimate of drug-likeness (QED) is 0.592. The van der Waals surface area contributed by atoms with Crippen LogP contribution in [0.2, 0.25) is 0 Å². The molecule has 0 aromatic heterocycles. The minimum Gasteiger partial charge on any atom is -0.301 e. The zero-order chi connectivity index (χ0) is 18.8. The van der Waals surface area contributed by atoms with Crippen molar-refractivity contribution in [2.75, 3.05) is 13.7 Å². The average Bonchev–Trinajstić information content (AvgIpc) is 2.71. The van der Waals surface area contributed by atoms with Crippen LogP contribution in [-0.2, 0) is 10.4 Å². The van der Waals surface area contributed by atoms with Crippen molar-refractivity contribution in [3.8, 4) is 0 Å². The molecule has 0 atom stereocenters. The van der Waals surface area contributed by atoms with Crippen LogP contribution in [0.15, 0.2) is 60.7 Å². The van der Waals surface area contributed by atoms with Gasteiger partial charge in [0.2, 0.25) is 0 Å². The maximum absolute atomic E-state index is 6.06. The molecule has 0 fully saturated rings. The van der Waals surface area contributed by atoms with E-state index in [-0.39, 0.29) is 0 Å². The summed E-state index contributed by atoms with van der Waals surface area (Å²) in [6.07, 6.45) is 0. The molecule has 0 saturated heterocycles. The van der Waals surface area contributed by atoms with Gasteiger partial charge >= 0.3 is 0 Å². The third-order valence-electron chi connectivity index (χ3n) is 6.53. The van der Waals surface area contributed by atoms with Crippen LogP contribution < -0.4 is 0 Å². The third kappa shape index (κ3) is 1.87. The summed E-state index contributed by atoms with van der Waals surface area (Å²) in [5.41, 5.74) is 10.7. The van der Waals surface area contributed by atoms with Crippen LogP contribution in [0.25, 0.3) is 0 Å². The van der Waals surface area contributed by atoms with Crippen LogP contribution in [0, 0.1) is 13.8 Å². The fourth-order valence-corrected chi connectivity index (χ4v) is 5.63. The normalized spacial score (nSPS) is 21.7. The van der Waals surface area contributed by atoms with E-state index < -0.39 is 5.54 Å². The Labute approximate surface area is 161 Å². The number of hydrogen-bond acceptors (Lipinski definition) is 2. The van der Waals surface area contributed by atoms with E-state index in [9.17, 15) is 0 Å². The molecule has 6 rings (SSSR count). The molecule has 3 aromatic rings. The molecule has 2 nitrogen and oxygen atoms in total. The molecule has 0 N–H and O–H groups in total. The van der Waals surface area contributed by atoms with Crippen molar-refractivity contribution < 1.29 is 4.84 Å². The Morgan fingerprint density at radius 3 is 1.96 bits per heavy atom. The molecule has 3 aliphatic carbocycles. The van der Waals surface area contributed by atoms with Gasteiger partial charge in [0.25, 0.3) is 0 Å². The van der Waals surface area contributed by atoms with Crippen molar-refractivity contribution in [2.24, 2.45) is 0 Å². The van der Waals surface area contributed by atoms with Crippen molar-refractivity contribution in [2.45, 2.75) is 32.2 Å². The first-order valence-electron chi connectivity index (χ1n) is 9.77. The number of aryl methyl sites for hydroxylation is 2. The van der Waals surface area contributed by atoms with Crippen LogP contribution >= 0.6 is 0 Å². The summed E-state index contributed by atoms with van der Waals surface area (Å²) in [4.78, 5) is 6.06. The number of hydroxylamine groups is 2. The Hall–Kier alpha value is -2.42. The monoisotopic (exact) mass is 355 g/mol. The van der Waals surface area contributed by atoms with Crippen molar-refractivity contribution in [1.29, 1.82) is 0 Å². The van der Waals surface area contributed by atoms with E-state index in [0.717, 1.165) is 6.54 Å². The van der Waals surface area contributed by atoms with Crippen molar-refractivity contribution in [1.82, 2.24) is 5.06 Å². The van der Waals surface area contributed by atoms with Gasteiger partial charge in [0.05, 0.1) is 7.11 Å². The van der Waals surface area contributed by atoms with Crippen LogP contribution in [0.5, 0.6) is 0 Å². The Morgan fingerprint density at radius 2 is 1.41 bits per heavy atom. The van der Waals surface area contributed by atoms with Gasteiger partial charge in [0.15, 0.2) is 0 Å². The van der Waals surface area contributed by atoms with E-state index in [0.29, 0.717) is 5.92 Å². The van der Waals surface area contributed by atoms with Gasteiger partial charge in [0, 0.05) is 12.5 Å². The summed E-state index contributed by atoms with van der Waals surface area (Å²) in [6.45, 7) is 7.47. The molecular formula is C25H25NO. The molecule has 136 valence electrons. The van der Waals surface area contributed by atoms with Crippen molar-refractivity contribution >= 4 is 0 Å².